The Kier molecular flexibility index (Phi) is 12.4. The van der Waals surface area contributed by atoms with Gasteiger partial charge in [-0.15, -0.1) is 0 Å². The molecule has 1 fully saturated rings. The maximum absolute atomic E-state index is 12.5. The summed E-state index contributed by atoms with van der Waals surface area (Å²) in [6.45, 7) is 3.17. The molecular weight excluding hydrogens is 453 g/mol. The molecule has 0 aromatic heterocycles. The third-order valence-electron chi connectivity index (χ3n) is 6.18. The van der Waals surface area contributed by atoms with Gasteiger partial charge in [-0.2, -0.15) is 0 Å². The summed E-state index contributed by atoms with van der Waals surface area (Å²) >= 11 is -0.548. The molecule has 0 N–H and O–H groups in total. The minimum absolute atomic E-state index is 0.223. The number of nitrogens with zero attached hydrogens (tertiary/aromatic N) is 1. The summed E-state index contributed by atoms with van der Waals surface area (Å²) in [5, 5.41) is 2.98. The Labute approximate surface area is 194 Å². The van der Waals surface area contributed by atoms with E-state index in [2.05, 4.69) is 12.6 Å². The van der Waals surface area contributed by atoms with Crippen LogP contribution in [0.25, 0.3) is 0 Å². The van der Waals surface area contributed by atoms with Crippen molar-refractivity contribution in [2.75, 3.05) is 20.8 Å². The van der Waals surface area contributed by atoms with Crippen molar-refractivity contribution in [2.45, 2.75) is 93.0 Å². The van der Waals surface area contributed by atoms with Crippen LogP contribution in [0.2, 0.25) is 16.1 Å². The second-order valence-corrected chi connectivity index (χ2v) is 14.1. The third kappa shape index (κ3) is 9.87. The summed E-state index contributed by atoms with van der Waals surface area (Å²) in [5.41, 5.74) is 2.53. The summed E-state index contributed by atoms with van der Waals surface area (Å²) < 4.78 is 16.8. The predicted molar refractivity (Wildman–Crippen MR) is 129 cm³/mol. The van der Waals surface area contributed by atoms with Gasteiger partial charge in [0, 0.05) is 0 Å². The zero-order valence-corrected chi connectivity index (χ0v) is 21.9. The number of hydrogen-bond acceptors (Lipinski definition) is 4. The van der Waals surface area contributed by atoms with Crippen molar-refractivity contribution in [3.05, 3.63) is 24.3 Å². The molecule has 0 heterocycles. The van der Waals surface area contributed by atoms with Crippen LogP contribution in [0.3, 0.4) is 0 Å². The average molecular weight is 496 g/mol. The van der Waals surface area contributed by atoms with Gasteiger partial charge in [0.25, 0.3) is 0 Å². The number of unbranched alkanes of at least 4 members (excludes halogenated alkanes) is 3. The molecule has 0 radical (unpaired) electrons. The molecule has 1 aliphatic rings. The quantitative estimate of drug-likeness (QED) is 0.230. The van der Waals surface area contributed by atoms with Crippen LogP contribution in [0.4, 0.5) is 4.79 Å². The van der Waals surface area contributed by atoms with E-state index in [0.29, 0.717) is 11.9 Å². The summed E-state index contributed by atoms with van der Waals surface area (Å²) in [7, 11) is 3.45. The van der Waals surface area contributed by atoms with Crippen LogP contribution in [0, 0.1) is 0 Å². The van der Waals surface area contributed by atoms with Crippen molar-refractivity contribution in [3.63, 3.8) is 0 Å². The van der Waals surface area contributed by atoms with E-state index in [9.17, 15) is 4.79 Å². The SMILES string of the molecule is CCCCC[As](C)CCCCO[C@H]1CC[C@H](N(C)C(=O)Oc2ccc(OC)cc2)CC1. The van der Waals surface area contributed by atoms with Crippen LogP contribution in [-0.4, -0.2) is 58.6 Å². The minimum atomic E-state index is -0.548. The van der Waals surface area contributed by atoms with Crippen molar-refractivity contribution in [2.24, 2.45) is 0 Å². The number of rotatable bonds is 13. The van der Waals surface area contributed by atoms with Crippen LogP contribution < -0.4 is 9.47 Å². The Morgan fingerprint density at radius 3 is 2.23 bits per heavy atom. The monoisotopic (exact) mass is 495 g/mol. The summed E-state index contributed by atoms with van der Waals surface area (Å²) in [6, 6.07) is 7.32. The molecule has 0 saturated heterocycles. The molecule has 5 nitrogen and oxygen atoms in total. The van der Waals surface area contributed by atoms with Gasteiger partial charge in [0.05, 0.1) is 7.11 Å². The average Bonchev–Trinajstić information content (AvgIpc) is 2.79. The van der Waals surface area contributed by atoms with Crippen LogP contribution >= 0.6 is 0 Å². The molecule has 1 unspecified atom stereocenters. The predicted octanol–water partition coefficient (Wildman–Crippen LogP) is 6.55. The van der Waals surface area contributed by atoms with Crippen LogP contribution in [0.1, 0.15) is 64.7 Å². The number of carbonyl (C=O) groups is 1. The first-order valence-electron chi connectivity index (χ1n) is 11.9. The second kappa shape index (κ2) is 14.8. The summed E-state index contributed by atoms with van der Waals surface area (Å²) in [6.07, 6.45) is 10.7. The Morgan fingerprint density at radius 2 is 1.61 bits per heavy atom. The van der Waals surface area contributed by atoms with Crippen molar-refractivity contribution >= 4 is 20.7 Å². The number of carbonyl (C=O) groups excluding carboxylic acids is 1. The van der Waals surface area contributed by atoms with E-state index >= 15 is 0 Å². The molecule has 176 valence electrons. The van der Waals surface area contributed by atoms with Gasteiger partial charge in [0.1, 0.15) is 11.5 Å². The molecule has 1 aliphatic carbocycles. The van der Waals surface area contributed by atoms with Gasteiger partial charge >= 0.3 is 147 Å². The Morgan fingerprint density at radius 1 is 1.00 bits per heavy atom. The first-order valence-corrected chi connectivity index (χ1v) is 16.4. The second-order valence-electron chi connectivity index (χ2n) is 8.67. The van der Waals surface area contributed by atoms with E-state index in [1.165, 1.54) is 42.5 Å². The first-order chi connectivity index (χ1) is 15.0. The molecule has 1 atom stereocenters. The Balaban J connectivity index is 1.58. The van der Waals surface area contributed by atoms with Crippen LogP contribution in [-0.2, 0) is 4.74 Å². The third-order valence-corrected chi connectivity index (χ3v) is 10.7. The normalized spacial score (nSPS) is 19.6. The molecule has 0 spiro atoms. The number of ether oxygens (including phenoxy) is 3. The fraction of sp³-hybridized carbons (Fsp3) is 0.720. The van der Waals surface area contributed by atoms with Crippen molar-refractivity contribution in [3.8, 4) is 11.5 Å². The van der Waals surface area contributed by atoms with E-state index in [-0.39, 0.29) is 12.1 Å². The van der Waals surface area contributed by atoms with Gasteiger partial charge in [-0.1, -0.05) is 0 Å². The maximum atomic E-state index is 12.5. The molecule has 0 aliphatic heterocycles. The summed E-state index contributed by atoms with van der Waals surface area (Å²) in [4.78, 5) is 14.2. The van der Waals surface area contributed by atoms with E-state index in [0.717, 1.165) is 38.0 Å². The fourth-order valence-corrected chi connectivity index (χ4v) is 7.71. The number of hydrogen-bond donors (Lipinski definition) is 0. The zero-order valence-electron chi connectivity index (χ0n) is 20.0. The zero-order chi connectivity index (χ0) is 22.5. The van der Waals surface area contributed by atoms with Gasteiger partial charge in [0.15, 0.2) is 0 Å². The molecule has 1 saturated carbocycles. The van der Waals surface area contributed by atoms with Crippen LogP contribution in [0.15, 0.2) is 24.3 Å². The van der Waals surface area contributed by atoms with Gasteiger partial charge in [-0.3, -0.25) is 0 Å². The van der Waals surface area contributed by atoms with Crippen molar-refractivity contribution in [1.29, 1.82) is 0 Å². The van der Waals surface area contributed by atoms with E-state index in [4.69, 9.17) is 14.2 Å². The van der Waals surface area contributed by atoms with Gasteiger partial charge < -0.3 is 4.74 Å². The fourth-order valence-electron chi connectivity index (χ4n) is 4.04. The summed E-state index contributed by atoms with van der Waals surface area (Å²) in [5.74, 6) is 1.28. The molecule has 6 heteroatoms. The van der Waals surface area contributed by atoms with Gasteiger partial charge in [-0.25, -0.2) is 0 Å². The van der Waals surface area contributed by atoms with E-state index in [1.807, 2.05) is 7.05 Å². The van der Waals surface area contributed by atoms with Crippen LogP contribution in [0.5, 0.6) is 11.5 Å². The molecule has 2 rings (SSSR count). The van der Waals surface area contributed by atoms with Crippen molar-refractivity contribution in [1.82, 2.24) is 4.90 Å². The van der Waals surface area contributed by atoms with Crippen molar-refractivity contribution < 1.29 is 19.0 Å². The number of methoxy groups -OCH3 is 1. The molecule has 1 aromatic carbocycles. The topological polar surface area (TPSA) is 48.0 Å². The van der Waals surface area contributed by atoms with E-state index in [1.54, 1.807) is 36.3 Å². The van der Waals surface area contributed by atoms with Gasteiger partial charge in [0.2, 0.25) is 0 Å². The van der Waals surface area contributed by atoms with E-state index < -0.39 is 14.7 Å². The Hall–Kier alpha value is -1.19. The molecule has 1 aromatic rings. The first kappa shape index (κ1) is 26.1. The standard InChI is InChI=1S/C25H42AsNO4/c1-5-6-7-18-26(2)19-8-9-20-30-23-12-10-21(11-13-23)27(3)25(28)31-24-16-14-22(29-4)15-17-24/h14-17,21,23H,5-13,18-20H2,1-4H3/t21-,23-,26?. The molecule has 0 bridgehead atoms. The number of benzene rings is 1. The van der Waals surface area contributed by atoms with Gasteiger partial charge in [-0.05, 0) is 24.3 Å². The number of amides is 1. The molecule has 31 heavy (non-hydrogen) atoms. The molecule has 1 amide bonds. The Bertz CT molecular complexity index is 616. The molecular formula is C25H42AsNO4.